The second-order valence-electron chi connectivity index (χ2n) is 4.63. The van der Waals surface area contributed by atoms with Crippen molar-refractivity contribution in [3.8, 4) is 5.75 Å². The summed E-state index contributed by atoms with van der Waals surface area (Å²) in [6, 6.07) is 10.6. The third-order valence-electron chi connectivity index (χ3n) is 3.19. The summed E-state index contributed by atoms with van der Waals surface area (Å²) in [6.45, 7) is 1.29. The molecular formula is C16H15NO5. The smallest absolute Gasteiger partial charge is 0.341 e. The normalized spacial score (nSPS) is 11.4. The Morgan fingerprint density at radius 2 is 1.95 bits per heavy atom. The minimum Gasteiger partial charge on any atom is -0.481 e. The van der Waals surface area contributed by atoms with E-state index in [-0.39, 0.29) is 5.70 Å². The van der Waals surface area contributed by atoms with Crippen molar-refractivity contribution in [1.29, 1.82) is 0 Å². The molecule has 0 saturated heterocycles. The van der Waals surface area contributed by atoms with Crippen LogP contribution >= 0.6 is 0 Å². The Morgan fingerprint density at radius 1 is 1.27 bits per heavy atom. The van der Waals surface area contributed by atoms with Gasteiger partial charge in [0, 0.05) is 17.9 Å². The molecule has 0 radical (unpaired) electrons. The molecule has 0 saturated carbocycles. The van der Waals surface area contributed by atoms with Crippen molar-refractivity contribution < 1.29 is 19.6 Å². The first-order valence-electron chi connectivity index (χ1n) is 6.74. The molecular weight excluding hydrogens is 286 g/mol. The van der Waals surface area contributed by atoms with Crippen molar-refractivity contribution in [1.82, 2.24) is 0 Å². The van der Waals surface area contributed by atoms with Crippen LogP contribution in [0.4, 0.5) is 0 Å². The number of nitro groups is 1. The van der Waals surface area contributed by atoms with Gasteiger partial charge in [-0.3, -0.25) is 10.1 Å². The molecule has 0 aliphatic heterocycles. The van der Waals surface area contributed by atoms with E-state index in [1.807, 2.05) is 12.1 Å². The van der Waals surface area contributed by atoms with Gasteiger partial charge in [0.25, 0.3) is 0 Å². The maximum atomic E-state index is 11.0. The molecule has 0 fully saturated rings. The maximum absolute atomic E-state index is 11.0. The van der Waals surface area contributed by atoms with Crippen molar-refractivity contribution in [3.05, 3.63) is 57.8 Å². The fraction of sp³-hybridized carbons (Fsp3) is 0.188. The number of rotatable bonds is 6. The number of allylic oxidation sites excluding steroid dienone is 1. The molecule has 22 heavy (non-hydrogen) atoms. The Kier molecular flexibility index (Phi) is 4.73. The molecule has 0 unspecified atom stereocenters. The predicted molar refractivity (Wildman–Crippen MR) is 82.3 cm³/mol. The maximum Gasteiger partial charge on any atom is 0.341 e. The predicted octanol–water partition coefficient (Wildman–Crippen LogP) is 3.33. The van der Waals surface area contributed by atoms with E-state index in [0.29, 0.717) is 17.7 Å². The van der Waals surface area contributed by atoms with Crippen molar-refractivity contribution in [2.75, 3.05) is 6.61 Å². The number of carbonyl (C=O) groups is 1. The molecule has 0 atom stereocenters. The number of ether oxygens (including phenoxy) is 1. The number of hydrogen-bond donors (Lipinski definition) is 1. The fourth-order valence-corrected chi connectivity index (χ4v) is 2.15. The molecule has 0 amide bonds. The minimum absolute atomic E-state index is 0.115. The van der Waals surface area contributed by atoms with E-state index in [0.717, 1.165) is 10.8 Å². The zero-order chi connectivity index (χ0) is 16.1. The topological polar surface area (TPSA) is 89.7 Å². The number of benzene rings is 2. The largest absolute Gasteiger partial charge is 0.481 e. The number of carboxylic acid groups (broad SMARTS) is 1. The number of hydrogen-bond acceptors (Lipinski definition) is 4. The zero-order valence-electron chi connectivity index (χ0n) is 12.0. The van der Waals surface area contributed by atoms with Crippen LogP contribution < -0.4 is 4.74 Å². The van der Waals surface area contributed by atoms with Crippen LogP contribution in [0.1, 0.15) is 18.9 Å². The Hall–Kier alpha value is -2.89. The van der Waals surface area contributed by atoms with Gasteiger partial charge in [0.05, 0.1) is 4.92 Å². The number of nitrogens with zero attached hydrogens (tertiary/aromatic N) is 1. The first-order valence-corrected chi connectivity index (χ1v) is 6.74. The van der Waals surface area contributed by atoms with Gasteiger partial charge in [-0.1, -0.05) is 37.3 Å². The summed E-state index contributed by atoms with van der Waals surface area (Å²) in [7, 11) is 0. The van der Waals surface area contributed by atoms with Gasteiger partial charge in [0.2, 0.25) is 5.70 Å². The summed E-state index contributed by atoms with van der Waals surface area (Å²) in [6.07, 6.45) is 1.85. The molecule has 6 nitrogen and oxygen atoms in total. The van der Waals surface area contributed by atoms with E-state index in [9.17, 15) is 14.9 Å². The van der Waals surface area contributed by atoms with Crippen LogP contribution in [0.5, 0.6) is 5.75 Å². The SMILES string of the molecule is CC/C(=C\c1ccc(OCC(=O)O)c2ccccc12)[N+](=O)[O-]. The van der Waals surface area contributed by atoms with E-state index < -0.39 is 17.5 Å². The van der Waals surface area contributed by atoms with E-state index in [4.69, 9.17) is 9.84 Å². The second kappa shape index (κ2) is 6.71. The van der Waals surface area contributed by atoms with Crippen molar-refractivity contribution in [2.45, 2.75) is 13.3 Å². The third-order valence-corrected chi connectivity index (χ3v) is 3.19. The van der Waals surface area contributed by atoms with Crippen molar-refractivity contribution in [2.24, 2.45) is 0 Å². The lowest BCUT2D eigenvalue weighted by atomic mass is 10.0. The van der Waals surface area contributed by atoms with Crippen molar-refractivity contribution >= 4 is 22.8 Å². The van der Waals surface area contributed by atoms with Gasteiger partial charge in [0.15, 0.2) is 6.61 Å². The summed E-state index contributed by atoms with van der Waals surface area (Å²) < 4.78 is 5.26. The number of aliphatic carboxylic acids is 1. The molecule has 0 aliphatic rings. The standard InChI is InChI=1S/C16H15NO5/c1-2-12(17(20)21)9-11-7-8-15(22-10-16(18)19)14-6-4-3-5-13(11)14/h3-9H,2,10H2,1H3,(H,18,19)/b12-9+. The van der Waals surface area contributed by atoms with Crippen LogP contribution in [-0.4, -0.2) is 22.6 Å². The molecule has 0 heterocycles. The zero-order valence-corrected chi connectivity index (χ0v) is 12.0. The average Bonchev–Trinajstić information content (AvgIpc) is 2.50. The first-order chi connectivity index (χ1) is 10.5. The third kappa shape index (κ3) is 3.41. The highest BCUT2D eigenvalue weighted by Crippen LogP contribution is 2.30. The summed E-state index contributed by atoms with van der Waals surface area (Å²) in [5, 5.41) is 21.2. The quantitative estimate of drug-likeness (QED) is 0.653. The average molecular weight is 301 g/mol. The van der Waals surface area contributed by atoms with E-state index in [1.54, 1.807) is 31.2 Å². The van der Waals surface area contributed by atoms with Gasteiger partial charge >= 0.3 is 5.97 Å². The highest BCUT2D eigenvalue weighted by Gasteiger charge is 2.11. The summed E-state index contributed by atoms with van der Waals surface area (Å²) >= 11 is 0. The van der Waals surface area contributed by atoms with Gasteiger partial charge in [0.1, 0.15) is 5.75 Å². The molecule has 1 N–H and O–H groups in total. The molecule has 0 spiro atoms. The molecule has 0 aliphatic carbocycles. The van der Waals surface area contributed by atoms with Crippen LogP contribution in [0.2, 0.25) is 0 Å². The summed E-state index contributed by atoms with van der Waals surface area (Å²) in [5.41, 5.74) is 0.816. The lowest BCUT2D eigenvalue weighted by Crippen LogP contribution is -2.09. The number of fused-ring (bicyclic) bond motifs is 1. The van der Waals surface area contributed by atoms with Gasteiger partial charge in [-0.2, -0.15) is 0 Å². The highest BCUT2D eigenvalue weighted by atomic mass is 16.6. The number of carboxylic acids is 1. The molecule has 114 valence electrons. The fourth-order valence-electron chi connectivity index (χ4n) is 2.15. The van der Waals surface area contributed by atoms with Gasteiger partial charge < -0.3 is 9.84 Å². The monoisotopic (exact) mass is 301 g/mol. The van der Waals surface area contributed by atoms with Crippen LogP contribution in [0.15, 0.2) is 42.1 Å². The van der Waals surface area contributed by atoms with Crippen LogP contribution in [0.3, 0.4) is 0 Å². The Labute approximate surface area is 126 Å². The van der Waals surface area contributed by atoms with Crippen molar-refractivity contribution in [3.63, 3.8) is 0 Å². The van der Waals surface area contributed by atoms with Gasteiger partial charge in [-0.25, -0.2) is 4.79 Å². The van der Waals surface area contributed by atoms with Gasteiger partial charge in [-0.05, 0) is 17.0 Å². The molecule has 0 aromatic heterocycles. The van der Waals surface area contributed by atoms with Crippen LogP contribution in [-0.2, 0) is 4.79 Å². The van der Waals surface area contributed by atoms with Gasteiger partial charge in [-0.15, -0.1) is 0 Å². The molecule has 2 aromatic rings. The lowest BCUT2D eigenvalue weighted by molar-refractivity contribution is -0.425. The van der Waals surface area contributed by atoms with E-state index in [1.165, 1.54) is 6.08 Å². The Balaban J connectivity index is 2.53. The molecule has 0 bridgehead atoms. The van der Waals surface area contributed by atoms with Crippen LogP contribution in [0.25, 0.3) is 16.8 Å². The lowest BCUT2D eigenvalue weighted by Gasteiger charge is -2.09. The minimum atomic E-state index is -1.06. The van der Waals surface area contributed by atoms with E-state index in [2.05, 4.69) is 0 Å². The Bertz CT molecular complexity index is 751. The summed E-state index contributed by atoms with van der Waals surface area (Å²) in [5.74, 6) is -0.621. The molecule has 2 rings (SSSR count). The van der Waals surface area contributed by atoms with Crippen LogP contribution in [0, 0.1) is 10.1 Å². The molecule has 6 heteroatoms. The Morgan fingerprint density at radius 3 is 2.55 bits per heavy atom. The second-order valence-corrected chi connectivity index (χ2v) is 4.63. The molecule has 2 aromatic carbocycles. The first kappa shape index (κ1) is 15.5. The highest BCUT2D eigenvalue weighted by molar-refractivity contribution is 5.95. The summed E-state index contributed by atoms with van der Waals surface area (Å²) in [4.78, 5) is 21.2. The van der Waals surface area contributed by atoms with E-state index >= 15 is 0 Å².